The van der Waals surface area contributed by atoms with Crippen molar-refractivity contribution in [3.8, 4) is 0 Å². The molecule has 0 aliphatic carbocycles. The van der Waals surface area contributed by atoms with Crippen LogP contribution < -0.4 is 59.7 Å². The Morgan fingerprint density at radius 3 is 1.77 bits per heavy atom. The number of nitrogens with two attached hydrogens (primary N) is 3. The lowest BCUT2D eigenvalue weighted by Gasteiger charge is -2.25. The van der Waals surface area contributed by atoms with Crippen LogP contribution in [-0.2, 0) is 52.7 Å². The molecule has 25 heteroatoms. The number of hydrogen-bond donors (Lipinski definition) is 14. The number of rotatable bonds is 26. The van der Waals surface area contributed by atoms with Crippen molar-refractivity contribution in [1.82, 2.24) is 42.5 Å². The van der Waals surface area contributed by atoms with Gasteiger partial charge in [0.1, 0.15) is 42.3 Å². The van der Waals surface area contributed by atoms with Gasteiger partial charge in [0.15, 0.2) is 0 Å². The molecule has 56 heavy (non-hydrogen) atoms. The Hall–Kier alpha value is -5.95. The first-order valence-corrected chi connectivity index (χ1v) is 17.4. The van der Waals surface area contributed by atoms with Crippen LogP contribution in [0.25, 0.3) is 0 Å². The number of aliphatic hydroxyl groups excluding tert-OH is 2. The molecule has 0 unspecified atom stereocenters. The van der Waals surface area contributed by atoms with Crippen molar-refractivity contribution in [1.29, 1.82) is 0 Å². The second kappa shape index (κ2) is 24.5. The summed E-state index contributed by atoms with van der Waals surface area (Å²) < 4.78 is 0. The maximum absolute atomic E-state index is 13.3. The number of aliphatic carboxylic acids is 1. The standard InChI is InChI=1S/C31H51N11O14/c1-14(36-27(51)17-6-8-23(47)37-17)25(49)39-15(4-2-3-9-32)28(52)42-20(13-44)30(54)40-16(5-7-21(33)45)26(50)35-11-24(48)38-19(12-43)29(53)41-18(31(55)56)10-22(34)46/h14-20,43-44H,2-13,32H2,1H3,(H2,33,45)(H2,34,46)(H,35,50)(H,36,51)(H,37,47)(H,38,48)(H,39,49)(H,40,54)(H,41,53)(H,42,52)(H,55,56)/t14-,15-,16-,17-,18-,19-,20-/m0/s1. The maximum atomic E-state index is 13.3. The number of primary amides is 2. The Morgan fingerprint density at radius 1 is 0.714 bits per heavy atom. The van der Waals surface area contributed by atoms with E-state index in [4.69, 9.17) is 22.3 Å². The first-order chi connectivity index (χ1) is 26.3. The molecule has 0 spiro atoms. The third-order valence-electron chi connectivity index (χ3n) is 8.05. The average molecular weight is 802 g/mol. The molecule has 1 heterocycles. The minimum absolute atomic E-state index is 0.0198. The molecule has 10 amide bonds. The molecule has 0 bridgehead atoms. The van der Waals surface area contributed by atoms with Crippen molar-refractivity contribution in [3.05, 3.63) is 0 Å². The molecule has 0 aromatic heterocycles. The number of aliphatic hydroxyl groups is 2. The van der Waals surface area contributed by atoms with E-state index in [1.165, 1.54) is 6.92 Å². The van der Waals surface area contributed by atoms with Gasteiger partial charge in [-0.2, -0.15) is 0 Å². The van der Waals surface area contributed by atoms with Gasteiger partial charge in [0.25, 0.3) is 0 Å². The van der Waals surface area contributed by atoms with E-state index in [-0.39, 0.29) is 31.7 Å². The van der Waals surface area contributed by atoms with Crippen LogP contribution in [0, 0.1) is 0 Å². The van der Waals surface area contributed by atoms with E-state index >= 15 is 0 Å². The monoisotopic (exact) mass is 801 g/mol. The van der Waals surface area contributed by atoms with Gasteiger partial charge >= 0.3 is 5.97 Å². The van der Waals surface area contributed by atoms with E-state index in [2.05, 4.69) is 31.9 Å². The van der Waals surface area contributed by atoms with Crippen LogP contribution in [0.15, 0.2) is 0 Å². The number of amides is 10. The molecule has 1 aliphatic rings. The molecular weight excluding hydrogens is 750 g/mol. The number of carbonyl (C=O) groups is 11. The SMILES string of the molecule is C[C@H](NC(=O)[C@@H]1CCC(=O)N1)C(=O)N[C@@H](CCCCN)C(=O)N[C@@H](CO)C(=O)N[C@@H](CCC(N)=O)C(=O)NCC(=O)N[C@@H](CO)C(=O)N[C@@H](CC(N)=O)C(=O)O. The molecule has 1 aliphatic heterocycles. The fourth-order valence-corrected chi connectivity index (χ4v) is 4.95. The van der Waals surface area contributed by atoms with E-state index in [0.717, 1.165) is 0 Å². The molecular formula is C31H51N11O14. The molecule has 1 fully saturated rings. The normalized spacial score (nSPS) is 16.6. The predicted molar refractivity (Wildman–Crippen MR) is 188 cm³/mol. The largest absolute Gasteiger partial charge is 0.480 e. The van der Waals surface area contributed by atoms with Crippen LogP contribution in [-0.4, -0.2) is 149 Å². The number of hydrogen-bond acceptors (Lipinski definition) is 14. The van der Waals surface area contributed by atoms with Crippen molar-refractivity contribution in [3.63, 3.8) is 0 Å². The summed E-state index contributed by atoms with van der Waals surface area (Å²) in [6.45, 7) is -1.33. The number of carboxylic acids is 1. The van der Waals surface area contributed by atoms with E-state index < -0.39 is 140 Å². The molecule has 314 valence electrons. The molecule has 17 N–H and O–H groups in total. The number of unbranched alkanes of at least 4 members (excludes halogenated alkanes) is 1. The van der Waals surface area contributed by atoms with Crippen molar-refractivity contribution >= 4 is 65.0 Å². The van der Waals surface area contributed by atoms with Crippen molar-refractivity contribution in [2.24, 2.45) is 17.2 Å². The van der Waals surface area contributed by atoms with Gasteiger partial charge in [0.2, 0.25) is 59.1 Å². The lowest BCUT2D eigenvalue weighted by atomic mass is 10.1. The Balaban J connectivity index is 2.95. The lowest BCUT2D eigenvalue weighted by molar-refractivity contribution is -0.144. The van der Waals surface area contributed by atoms with Gasteiger partial charge in [-0.3, -0.25) is 47.9 Å². The second-order valence-electron chi connectivity index (χ2n) is 12.6. The zero-order chi connectivity index (χ0) is 42.5. The van der Waals surface area contributed by atoms with Crippen LogP contribution in [0.4, 0.5) is 0 Å². The fraction of sp³-hybridized carbons (Fsp3) is 0.645. The van der Waals surface area contributed by atoms with Gasteiger partial charge < -0.3 is 75.1 Å². The molecule has 0 aromatic carbocycles. The smallest absolute Gasteiger partial charge is 0.326 e. The molecule has 1 saturated heterocycles. The summed E-state index contributed by atoms with van der Waals surface area (Å²) in [5, 5.41) is 46.6. The third-order valence-corrected chi connectivity index (χ3v) is 8.05. The summed E-state index contributed by atoms with van der Waals surface area (Å²) in [6.07, 6.45) is -0.495. The maximum Gasteiger partial charge on any atom is 0.326 e. The summed E-state index contributed by atoms with van der Waals surface area (Å²) in [4.78, 5) is 135. The summed E-state index contributed by atoms with van der Waals surface area (Å²) in [5.41, 5.74) is 15.7. The van der Waals surface area contributed by atoms with Gasteiger partial charge in [-0.25, -0.2) is 4.79 Å². The number of carbonyl (C=O) groups excluding carboxylic acids is 10. The highest BCUT2D eigenvalue weighted by Gasteiger charge is 2.33. The molecule has 0 aromatic rings. The first kappa shape index (κ1) is 48.1. The highest BCUT2D eigenvalue weighted by atomic mass is 16.4. The van der Waals surface area contributed by atoms with E-state index in [1.807, 2.05) is 10.6 Å². The van der Waals surface area contributed by atoms with Crippen LogP contribution >= 0.6 is 0 Å². The van der Waals surface area contributed by atoms with Gasteiger partial charge in [0.05, 0.1) is 26.2 Å². The molecule has 25 nitrogen and oxygen atoms in total. The van der Waals surface area contributed by atoms with Crippen molar-refractivity contribution < 1.29 is 68.1 Å². The highest BCUT2D eigenvalue weighted by molar-refractivity contribution is 5.98. The summed E-state index contributed by atoms with van der Waals surface area (Å²) >= 11 is 0. The third kappa shape index (κ3) is 17.5. The second-order valence-corrected chi connectivity index (χ2v) is 12.6. The zero-order valence-corrected chi connectivity index (χ0v) is 30.6. The average Bonchev–Trinajstić information content (AvgIpc) is 3.58. The van der Waals surface area contributed by atoms with Crippen LogP contribution in [0.5, 0.6) is 0 Å². The van der Waals surface area contributed by atoms with Gasteiger partial charge in [-0.1, -0.05) is 0 Å². The summed E-state index contributed by atoms with van der Waals surface area (Å²) in [6, 6.07) is -10.1. The zero-order valence-electron chi connectivity index (χ0n) is 30.6. The Kier molecular flexibility index (Phi) is 21.0. The van der Waals surface area contributed by atoms with Gasteiger partial charge in [-0.15, -0.1) is 0 Å². The minimum atomic E-state index is -1.77. The van der Waals surface area contributed by atoms with Gasteiger partial charge in [0, 0.05) is 12.8 Å². The molecule has 0 radical (unpaired) electrons. The van der Waals surface area contributed by atoms with E-state index in [1.54, 1.807) is 0 Å². The lowest BCUT2D eigenvalue weighted by Crippen LogP contribution is -2.59. The Morgan fingerprint density at radius 2 is 1.25 bits per heavy atom. The summed E-state index contributed by atoms with van der Waals surface area (Å²) in [5.74, 6) is -10.7. The van der Waals surface area contributed by atoms with Crippen molar-refractivity contribution in [2.75, 3.05) is 26.3 Å². The minimum Gasteiger partial charge on any atom is -0.480 e. The molecule has 7 atom stereocenters. The first-order valence-electron chi connectivity index (χ1n) is 17.4. The number of carboxylic acid groups (broad SMARTS) is 1. The fourth-order valence-electron chi connectivity index (χ4n) is 4.95. The Bertz CT molecular complexity index is 1480. The van der Waals surface area contributed by atoms with Crippen LogP contribution in [0.1, 0.15) is 58.3 Å². The van der Waals surface area contributed by atoms with Crippen LogP contribution in [0.3, 0.4) is 0 Å². The molecule has 1 rings (SSSR count). The molecule has 0 saturated carbocycles. The van der Waals surface area contributed by atoms with E-state index in [9.17, 15) is 63.0 Å². The summed E-state index contributed by atoms with van der Waals surface area (Å²) in [7, 11) is 0. The topological polar surface area (TPSA) is 423 Å². The number of nitrogens with one attached hydrogen (secondary N) is 8. The quantitative estimate of drug-likeness (QED) is 0.0361. The van der Waals surface area contributed by atoms with Crippen molar-refractivity contribution in [2.45, 2.75) is 101 Å². The van der Waals surface area contributed by atoms with Crippen LogP contribution in [0.2, 0.25) is 0 Å². The van der Waals surface area contributed by atoms with Gasteiger partial charge in [-0.05, 0) is 45.6 Å². The van der Waals surface area contributed by atoms with E-state index in [0.29, 0.717) is 12.8 Å². The highest BCUT2D eigenvalue weighted by Crippen LogP contribution is 2.08. The predicted octanol–water partition coefficient (Wildman–Crippen LogP) is -8.35. The Labute approximate surface area is 319 Å².